The van der Waals surface area contributed by atoms with Gasteiger partial charge < -0.3 is 15.6 Å². The highest BCUT2D eigenvalue weighted by Gasteiger charge is 2.21. The lowest BCUT2D eigenvalue weighted by Crippen LogP contribution is -2.47. The van der Waals surface area contributed by atoms with Gasteiger partial charge in [-0.15, -0.1) is 0 Å². The molecule has 0 aliphatic rings. The Morgan fingerprint density at radius 1 is 1.27 bits per heavy atom. The zero-order valence-corrected chi connectivity index (χ0v) is 14.3. The first-order valence-electron chi connectivity index (χ1n) is 7.92. The number of nitrogens with two attached hydrogens (primary N) is 3. The monoisotopic (exact) mass is 350 g/mol. The lowest BCUT2D eigenvalue weighted by Gasteiger charge is -2.14. The highest BCUT2D eigenvalue weighted by Crippen LogP contribution is 2.33. The minimum atomic E-state index is -0.199. The number of pyridine rings is 2. The number of anilines is 1. The normalized spacial score (nSPS) is 10.5. The van der Waals surface area contributed by atoms with Gasteiger partial charge in [0, 0.05) is 23.5 Å². The van der Waals surface area contributed by atoms with Crippen molar-refractivity contribution in [3.63, 3.8) is 0 Å². The fourth-order valence-corrected chi connectivity index (χ4v) is 2.78. The summed E-state index contributed by atoms with van der Waals surface area (Å²) in [6.07, 6.45) is 3.38. The van der Waals surface area contributed by atoms with Gasteiger partial charge in [-0.3, -0.25) is 16.1 Å². The maximum Gasteiger partial charge on any atom is 0.275 e. The number of aliphatic hydroxyl groups excluding tert-OH is 1. The molecule has 1 aromatic carbocycles. The highest BCUT2D eigenvalue weighted by molar-refractivity contribution is 6.04. The molecule has 0 saturated heterocycles. The third-order valence-electron chi connectivity index (χ3n) is 4.03. The summed E-state index contributed by atoms with van der Waals surface area (Å²) in [7, 11) is 1.56. The third-order valence-corrected chi connectivity index (χ3v) is 4.03. The number of aromatic nitrogens is 2. The Hall–Kier alpha value is -3.45. The molecule has 0 amide bonds. The second kappa shape index (κ2) is 7.20. The Morgan fingerprint density at radius 2 is 2.08 bits per heavy atom. The first-order valence-corrected chi connectivity index (χ1v) is 7.92. The third kappa shape index (κ3) is 3.20. The van der Waals surface area contributed by atoms with E-state index in [2.05, 4.69) is 4.98 Å². The van der Waals surface area contributed by atoms with Gasteiger partial charge in [0.1, 0.15) is 11.3 Å². The maximum absolute atomic E-state index is 9.79. The summed E-state index contributed by atoms with van der Waals surface area (Å²) < 4.78 is 5.22. The molecule has 132 valence electrons. The van der Waals surface area contributed by atoms with Crippen LogP contribution in [0.2, 0.25) is 0 Å². The van der Waals surface area contributed by atoms with Crippen molar-refractivity contribution in [1.29, 1.82) is 0 Å². The minimum Gasteiger partial charge on any atom is -0.497 e. The van der Waals surface area contributed by atoms with Crippen LogP contribution < -0.4 is 21.6 Å². The molecular formula is C19H20N5O2+. The average Bonchev–Trinajstić information content (AvgIpc) is 2.67. The summed E-state index contributed by atoms with van der Waals surface area (Å²) in [5.41, 5.74) is 16.2. The number of aliphatic hydroxyl groups is 1. The van der Waals surface area contributed by atoms with Crippen LogP contribution in [0.5, 0.6) is 5.75 Å². The van der Waals surface area contributed by atoms with Crippen molar-refractivity contribution < 1.29 is 15.3 Å². The number of methoxy groups -OCH3 is 1. The van der Waals surface area contributed by atoms with Gasteiger partial charge in [-0.1, -0.05) is 0 Å². The number of benzene rings is 1. The molecular weight excluding hydrogens is 330 g/mol. The quantitative estimate of drug-likeness (QED) is 0.388. The Bertz CT molecular complexity index is 958. The Kier molecular flexibility index (Phi) is 4.81. The predicted octanol–water partition coefficient (Wildman–Crippen LogP) is 0.358. The molecule has 3 rings (SSSR count). The molecule has 2 aromatic heterocycles. The molecule has 7 nitrogen and oxygen atoms in total. The van der Waals surface area contributed by atoms with Crippen LogP contribution in [0.25, 0.3) is 22.5 Å². The van der Waals surface area contributed by atoms with E-state index < -0.39 is 0 Å². The zero-order valence-electron chi connectivity index (χ0n) is 14.3. The maximum atomic E-state index is 9.79. The molecule has 0 bridgehead atoms. The largest absolute Gasteiger partial charge is 0.497 e. The topological polar surface area (TPSA) is 133 Å². The van der Waals surface area contributed by atoms with Crippen molar-refractivity contribution in [3.05, 3.63) is 59.9 Å². The number of rotatable bonds is 5. The average molecular weight is 350 g/mol. The van der Waals surface area contributed by atoms with Crippen LogP contribution in [-0.2, 0) is 6.61 Å². The molecule has 0 atom stereocenters. The summed E-state index contributed by atoms with van der Waals surface area (Å²) in [6, 6.07) is 10.7. The first-order chi connectivity index (χ1) is 12.5. The van der Waals surface area contributed by atoms with E-state index in [4.69, 9.17) is 26.6 Å². The number of ether oxygens (including phenoxy) is 1. The lowest BCUT2D eigenvalue weighted by atomic mass is 9.97. The van der Waals surface area contributed by atoms with Gasteiger partial charge in [-0.25, -0.2) is 4.98 Å². The molecule has 0 unspecified atom stereocenters. The van der Waals surface area contributed by atoms with Crippen LogP contribution in [0.15, 0.2) is 48.8 Å². The van der Waals surface area contributed by atoms with Crippen LogP contribution in [0.3, 0.4) is 0 Å². The molecule has 0 fully saturated rings. The summed E-state index contributed by atoms with van der Waals surface area (Å²) in [5, 5.41) is 15.7. The molecule has 0 aliphatic heterocycles. The number of hydrogen-bond donors (Lipinski definition) is 4. The molecule has 7 N–H and O–H groups in total. The van der Waals surface area contributed by atoms with Crippen LogP contribution in [-0.4, -0.2) is 28.0 Å². The van der Waals surface area contributed by atoms with Crippen molar-refractivity contribution in [2.24, 2.45) is 5.73 Å². The van der Waals surface area contributed by atoms with Crippen LogP contribution in [0.4, 0.5) is 5.69 Å². The zero-order chi connectivity index (χ0) is 18.7. The van der Waals surface area contributed by atoms with Crippen LogP contribution in [0, 0.1) is 0 Å². The van der Waals surface area contributed by atoms with Crippen molar-refractivity contribution in [2.45, 2.75) is 6.61 Å². The van der Waals surface area contributed by atoms with E-state index >= 15 is 0 Å². The summed E-state index contributed by atoms with van der Waals surface area (Å²) in [4.78, 5) is 8.82. The summed E-state index contributed by atoms with van der Waals surface area (Å²) >= 11 is 0. The van der Waals surface area contributed by atoms with E-state index in [1.165, 1.54) is 0 Å². The molecule has 0 radical (unpaired) electrons. The van der Waals surface area contributed by atoms with E-state index in [0.29, 0.717) is 39.5 Å². The van der Waals surface area contributed by atoms with Crippen LogP contribution >= 0.6 is 0 Å². The fraction of sp³-hybridized carbons (Fsp3) is 0.105. The van der Waals surface area contributed by atoms with Gasteiger partial charge >= 0.3 is 0 Å². The van der Waals surface area contributed by atoms with Crippen molar-refractivity contribution in [1.82, 2.24) is 9.97 Å². The molecule has 0 saturated carbocycles. The van der Waals surface area contributed by atoms with Gasteiger partial charge in [-0.05, 0) is 42.0 Å². The van der Waals surface area contributed by atoms with Gasteiger partial charge in [0.25, 0.3) is 5.84 Å². The molecule has 26 heavy (non-hydrogen) atoms. The van der Waals surface area contributed by atoms with E-state index in [9.17, 15) is 5.11 Å². The smallest absolute Gasteiger partial charge is 0.275 e. The van der Waals surface area contributed by atoms with Crippen molar-refractivity contribution >= 4 is 11.5 Å². The minimum absolute atomic E-state index is 0.0578. The van der Waals surface area contributed by atoms with Crippen molar-refractivity contribution in [3.8, 4) is 28.3 Å². The Balaban J connectivity index is 2.28. The molecule has 7 heteroatoms. The van der Waals surface area contributed by atoms with E-state index in [1.807, 2.05) is 12.1 Å². The van der Waals surface area contributed by atoms with Gasteiger partial charge in [-0.2, -0.15) is 0 Å². The highest BCUT2D eigenvalue weighted by atomic mass is 16.5. The van der Waals surface area contributed by atoms with Crippen LogP contribution in [0.1, 0.15) is 11.1 Å². The second-order valence-corrected chi connectivity index (χ2v) is 5.70. The number of amidine groups is 1. The molecule has 0 aliphatic carbocycles. The molecule has 3 aromatic rings. The van der Waals surface area contributed by atoms with Gasteiger partial charge in [0.15, 0.2) is 0 Å². The van der Waals surface area contributed by atoms with Gasteiger partial charge in [0.2, 0.25) is 0 Å². The van der Waals surface area contributed by atoms with E-state index in [0.717, 1.165) is 5.56 Å². The summed E-state index contributed by atoms with van der Waals surface area (Å²) in [5.74, 6) is 0.683. The van der Waals surface area contributed by atoms with Crippen molar-refractivity contribution in [2.75, 3.05) is 12.8 Å². The standard InChI is InChI=1S/C19H19N5O2/c1-26-13-4-5-14(12(7-13)10-25)18-17(19(21)22)15(20)8-16(24-18)11-3-2-6-23-9-11/h2-9,25H,10H2,1H3,(H2,20,24)(H3,21,22)/p+1. The lowest BCUT2D eigenvalue weighted by molar-refractivity contribution is -0.114. The summed E-state index contributed by atoms with van der Waals surface area (Å²) in [6.45, 7) is -0.199. The molecule has 0 spiro atoms. The van der Waals surface area contributed by atoms with Gasteiger partial charge in [0.05, 0.1) is 30.8 Å². The van der Waals surface area contributed by atoms with E-state index in [-0.39, 0.29) is 12.4 Å². The Morgan fingerprint density at radius 3 is 2.69 bits per heavy atom. The SMILES string of the molecule is COc1ccc(-c2nc(-c3cccnc3)cc(N)c2C(N)=[NH2+])c(CO)c1. The molecule has 2 heterocycles. The number of nitrogens with zero attached hydrogens (tertiary/aromatic N) is 2. The first kappa shape index (κ1) is 17.4. The number of nitrogen functional groups attached to an aromatic ring is 1. The number of hydrogen-bond acceptors (Lipinski definition) is 5. The second-order valence-electron chi connectivity index (χ2n) is 5.70. The predicted molar refractivity (Wildman–Crippen MR) is 100 cm³/mol. The van der Waals surface area contributed by atoms with E-state index in [1.54, 1.807) is 43.8 Å². The fourth-order valence-electron chi connectivity index (χ4n) is 2.78. The Labute approximate surface area is 150 Å².